The van der Waals surface area contributed by atoms with Crippen LogP contribution in [0.5, 0.6) is 0 Å². The first-order valence-corrected chi connectivity index (χ1v) is 1.24. The third-order valence-electron chi connectivity index (χ3n) is 0.243. The van der Waals surface area contributed by atoms with E-state index in [0.29, 0.717) is 0 Å². The average molecular weight is 152 g/mol. The van der Waals surface area contributed by atoms with Crippen molar-refractivity contribution in [1.29, 1.82) is 0 Å². The van der Waals surface area contributed by atoms with Crippen LogP contribution in [0.4, 0.5) is 13.2 Å². The van der Waals surface area contributed by atoms with Crippen LogP contribution in [0, 0.1) is 0 Å². The predicted octanol–water partition coefficient (Wildman–Crippen LogP) is -3.43. The minimum absolute atomic E-state index is 0. The van der Waals surface area contributed by atoms with Gasteiger partial charge in [-0.25, -0.2) is 4.79 Å². The molecule has 0 spiro atoms. The van der Waals surface area contributed by atoms with Crippen LogP contribution in [-0.4, -0.2) is 34.6 Å². The van der Waals surface area contributed by atoms with Gasteiger partial charge in [0.15, 0.2) is 17.4 Å². The van der Waals surface area contributed by atoms with Crippen molar-refractivity contribution in [3.8, 4) is 0 Å². The van der Waals surface area contributed by atoms with E-state index in [1.807, 2.05) is 0 Å². The molecule has 7 heteroatoms. The summed E-state index contributed by atoms with van der Waals surface area (Å²) in [6, 6.07) is 0. The molecule has 0 aromatic carbocycles. The zero-order valence-electron chi connectivity index (χ0n) is 4.99. The standard InChI is InChI=1S/C2HF3O2.Al.Li.4H/c3-2(4,5)1(6)7;;;;;;/h(H,6,7);;;;;;/q;;+1;;;;-1. The van der Waals surface area contributed by atoms with Gasteiger partial charge in [-0.1, -0.05) is 0 Å². The van der Waals surface area contributed by atoms with Crippen LogP contribution in [0.25, 0.3) is 0 Å². The molecular formula is C2H5AlF3LiO2. The predicted molar refractivity (Wildman–Crippen MR) is 24.7 cm³/mol. The van der Waals surface area contributed by atoms with Gasteiger partial charge in [0, 0.05) is 0 Å². The van der Waals surface area contributed by atoms with Crippen molar-refractivity contribution in [3.63, 3.8) is 0 Å². The summed E-state index contributed by atoms with van der Waals surface area (Å²) >= 11 is 0. The largest absolute Gasteiger partial charge is 1.00 e. The SMILES string of the molecule is O=C(O)C(F)(F)F.[AlH3].[H-].[Li+]. The molecule has 0 rings (SSSR count). The van der Waals surface area contributed by atoms with E-state index >= 15 is 0 Å². The summed E-state index contributed by atoms with van der Waals surface area (Å²) in [6.07, 6.45) is -5.08. The van der Waals surface area contributed by atoms with Crippen LogP contribution in [-0.2, 0) is 4.79 Å². The summed E-state index contributed by atoms with van der Waals surface area (Å²) in [5, 5.41) is 7.12. The number of rotatable bonds is 0. The van der Waals surface area contributed by atoms with Crippen molar-refractivity contribution >= 4 is 23.3 Å². The van der Waals surface area contributed by atoms with Gasteiger partial charge in [0.2, 0.25) is 0 Å². The van der Waals surface area contributed by atoms with E-state index in [0.717, 1.165) is 0 Å². The monoisotopic (exact) mass is 152 g/mol. The molecule has 2 nitrogen and oxygen atoms in total. The second kappa shape index (κ2) is 5.20. The fraction of sp³-hybridized carbons (Fsp3) is 0.500. The van der Waals surface area contributed by atoms with E-state index in [1.165, 1.54) is 0 Å². The van der Waals surface area contributed by atoms with E-state index < -0.39 is 12.1 Å². The number of hydrogen-bond acceptors (Lipinski definition) is 1. The van der Waals surface area contributed by atoms with Gasteiger partial charge in [-0.05, 0) is 0 Å². The third-order valence-corrected chi connectivity index (χ3v) is 0.243. The second-order valence-electron chi connectivity index (χ2n) is 0.803. The van der Waals surface area contributed by atoms with E-state index in [1.54, 1.807) is 0 Å². The van der Waals surface area contributed by atoms with Gasteiger partial charge in [-0.3, -0.25) is 0 Å². The maximum atomic E-state index is 10.6. The zero-order valence-corrected chi connectivity index (χ0v) is 3.99. The Labute approximate surface area is 73.2 Å². The third kappa shape index (κ3) is 8.39. The number of carbonyl (C=O) groups is 1. The summed E-state index contributed by atoms with van der Waals surface area (Å²) < 4.78 is 31.7. The molecule has 0 radical (unpaired) electrons. The van der Waals surface area contributed by atoms with E-state index in [2.05, 4.69) is 0 Å². The summed E-state index contributed by atoms with van der Waals surface area (Å²) in [7, 11) is 0. The van der Waals surface area contributed by atoms with E-state index in [9.17, 15) is 13.2 Å². The molecule has 0 aliphatic rings. The Kier molecular flexibility index (Phi) is 9.35. The molecule has 0 aromatic heterocycles. The summed E-state index contributed by atoms with van der Waals surface area (Å²) in [5.41, 5.74) is 0. The Morgan fingerprint density at radius 2 is 1.56 bits per heavy atom. The molecule has 0 aromatic rings. The Morgan fingerprint density at radius 1 is 1.44 bits per heavy atom. The van der Waals surface area contributed by atoms with Crippen molar-refractivity contribution in [2.75, 3.05) is 0 Å². The zero-order chi connectivity index (χ0) is 6.08. The van der Waals surface area contributed by atoms with Gasteiger partial charge in [0.1, 0.15) is 0 Å². The van der Waals surface area contributed by atoms with Crippen molar-refractivity contribution in [1.82, 2.24) is 0 Å². The summed E-state index contributed by atoms with van der Waals surface area (Å²) in [4.78, 5) is 8.90. The van der Waals surface area contributed by atoms with Crippen LogP contribution in [0.3, 0.4) is 0 Å². The molecule has 50 valence electrons. The quantitative estimate of drug-likeness (QED) is 0.367. The van der Waals surface area contributed by atoms with Gasteiger partial charge in [-0.2, -0.15) is 13.2 Å². The Bertz CT molecular complexity index is 97.0. The number of halogens is 3. The normalized spacial score (nSPS) is 8.78. The van der Waals surface area contributed by atoms with Crippen molar-refractivity contribution in [2.45, 2.75) is 6.18 Å². The maximum Gasteiger partial charge on any atom is 1.00 e. The molecule has 0 aliphatic heterocycles. The van der Waals surface area contributed by atoms with Gasteiger partial charge in [0.05, 0.1) is 0 Å². The number of carboxylic acid groups (broad SMARTS) is 1. The van der Waals surface area contributed by atoms with Gasteiger partial charge in [0.25, 0.3) is 0 Å². The fourth-order valence-corrected chi connectivity index (χ4v) is 0. The van der Waals surface area contributed by atoms with Crippen LogP contribution in [0.1, 0.15) is 1.43 Å². The minimum Gasteiger partial charge on any atom is -1.00 e. The number of alkyl halides is 3. The molecule has 0 saturated carbocycles. The summed E-state index contributed by atoms with van der Waals surface area (Å²) in [6.45, 7) is 0. The molecule has 0 amide bonds. The van der Waals surface area contributed by atoms with Crippen molar-refractivity contribution in [3.05, 3.63) is 0 Å². The number of aliphatic carboxylic acids is 1. The smallest absolute Gasteiger partial charge is 1.00 e. The number of hydrogen-bond donors (Lipinski definition) is 1. The molecule has 0 unspecified atom stereocenters. The van der Waals surface area contributed by atoms with Gasteiger partial charge >= 0.3 is 31.0 Å². The Balaban J connectivity index is -0.0000000600. The van der Waals surface area contributed by atoms with E-state index in [4.69, 9.17) is 9.90 Å². The van der Waals surface area contributed by atoms with E-state index in [-0.39, 0.29) is 37.6 Å². The van der Waals surface area contributed by atoms with Crippen LogP contribution in [0.2, 0.25) is 0 Å². The first-order chi connectivity index (χ1) is 2.94. The van der Waals surface area contributed by atoms with Gasteiger partial charge in [-0.15, -0.1) is 0 Å². The summed E-state index contributed by atoms with van der Waals surface area (Å²) in [5.74, 6) is -2.76. The van der Waals surface area contributed by atoms with Crippen molar-refractivity contribution < 1.29 is 43.4 Å². The van der Waals surface area contributed by atoms with Crippen LogP contribution < -0.4 is 18.9 Å². The fourth-order valence-electron chi connectivity index (χ4n) is 0. The van der Waals surface area contributed by atoms with Crippen LogP contribution >= 0.6 is 0 Å². The Morgan fingerprint density at radius 3 is 1.56 bits per heavy atom. The molecule has 9 heavy (non-hydrogen) atoms. The molecule has 0 atom stereocenters. The minimum atomic E-state index is -5.08. The molecule has 0 heterocycles. The molecule has 0 saturated heterocycles. The van der Waals surface area contributed by atoms with Crippen molar-refractivity contribution in [2.24, 2.45) is 0 Å². The molecule has 0 fully saturated rings. The molecule has 1 N–H and O–H groups in total. The van der Waals surface area contributed by atoms with Gasteiger partial charge < -0.3 is 6.53 Å². The topological polar surface area (TPSA) is 37.3 Å². The molecule has 0 aliphatic carbocycles. The van der Waals surface area contributed by atoms with Crippen LogP contribution in [0.15, 0.2) is 0 Å². The average Bonchev–Trinajstić information content (AvgIpc) is 1.31. The second-order valence-corrected chi connectivity index (χ2v) is 0.803. The maximum absolute atomic E-state index is 10.6. The molecular weight excluding hydrogens is 147 g/mol. The molecule has 0 bridgehead atoms. The first kappa shape index (κ1) is 16.2. The first-order valence-electron chi connectivity index (χ1n) is 1.24. The Hall–Kier alpha value is 0.390. The number of carboxylic acids is 1.